The number of rotatable bonds is 2. The van der Waals surface area contributed by atoms with Gasteiger partial charge in [-0.25, -0.2) is 4.79 Å². The van der Waals surface area contributed by atoms with Crippen LogP contribution in [0.25, 0.3) is 0 Å². The monoisotopic (exact) mass is 154 g/mol. The summed E-state index contributed by atoms with van der Waals surface area (Å²) >= 11 is 0. The summed E-state index contributed by atoms with van der Waals surface area (Å²) in [5.41, 5.74) is 0. The van der Waals surface area contributed by atoms with Crippen LogP contribution in [-0.2, 0) is 0 Å². The molecule has 0 aromatic carbocycles. The van der Waals surface area contributed by atoms with Crippen molar-refractivity contribution >= 4 is 6.03 Å². The lowest BCUT2D eigenvalue weighted by Crippen LogP contribution is -2.43. The van der Waals surface area contributed by atoms with Crippen LogP contribution in [0.3, 0.4) is 0 Å². The van der Waals surface area contributed by atoms with Crippen molar-refractivity contribution in [3.05, 3.63) is 12.3 Å². The van der Waals surface area contributed by atoms with Crippen LogP contribution in [0.5, 0.6) is 0 Å². The van der Waals surface area contributed by atoms with E-state index in [1.807, 2.05) is 31.0 Å². The van der Waals surface area contributed by atoms with E-state index in [-0.39, 0.29) is 6.03 Å². The summed E-state index contributed by atoms with van der Waals surface area (Å²) in [6.45, 7) is 6.27. The first-order valence-corrected chi connectivity index (χ1v) is 4.01. The lowest BCUT2D eigenvalue weighted by Gasteiger charge is -2.29. The second-order valence-electron chi connectivity index (χ2n) is 2.49. The van der Waals surface area contributed by atoms with Gasteiger partial charge in [0, 0.05) is 25.8 Å². The van der Waals surface area contributed by atoms with Gasteiger partial charge in [-0.15, -0.1) is 0 Å². The molecule has 0 atom stereocenters. The van der Waals surface area contributed by atoms with Crippen LogP contribution in [0.15, 0.2) is 12.3 Å². The quantitative estimate of drug-likeness (QED) is 0.587. The van der Waals surface area contributed by atoms with E-state index in [4.69, 9.17) is 0 Å². The summed E-state index contributed by atoms with van der Waals surface area (Å²) in [7, 11) is 0. The molecule has 0 fully saturated rings. The summed E-state index contributed by atoms with van der Waals surface area (Å²) in [5, 5.41) is 0. The van der Waals surface area contributed by atoms with Gasteiger partial charge in [0.25, 0.3) is 0 Å². The van der Waals surface area contributed by atoms with Crippen molar-refractivity contribution in [3.8, 4) is 0 Å². The highest BCUT2D eigenvalue weighted by atomic mass is 16.2. The van der Waals surface area contributed by atoms with E-state index in [1.165, 1.54) is 0 Å². The van der Waals surface area contributed by atoms with Gasteiger partial charge in [-0.1, -0.05) is 0 Å². The third kappa shape index (κ3) is 1.53. The number of nitrogens with zero attached hydrogens (tertiary/aromatic N) is 2. The molecule has 0 aromatic heterocycles. The molecule has 1 heterocycles. The average Bonchev–Trinajstić information content (AvgIpc) is 2.05. The Morgan fingerprint density at radius 3 is 2.73 bits per heavy atom. The fraction of sp³-hybridized carbons (Fsp3) is 0.625. The van der Waals surface area contributed by atoms with Gasteiger partial charge in [0.2, 0.25) is 0 Å². The Kier molecular flexibility index (Phi) is 2.52. The predicted molar refractivity (Wildman–Crippen MR) is 44.2 cm³/mol. The zero-order valence-corrected chi connectivity index (χ0v) is 7.08. The number of hydrogen-bond acceptors (Lipinski definition) is 1. The standard InChI is InChI=1S/C8H14N2O/c1-3-9-6-5-7-10(4-2)8(9)11/h5-6H,3-4,7H2,1-2H3. The van der Waals surface area contributed by atoms with Crippen molar-refractivity contribution < 1.29 is 4.79 Å². The van der Waals surface area contributed by atoms with Gasteiger partial charge in [0.15, 0.2) is 0 Å². The Balaban J connectivity index is 2.65. The van der Waals surface area contributed by atoms with Crippen molar-refractivity contribution in [1.29, 1.82) is 0 Å². The van der Waals surface area contributed by atoms with Gasteiger partial charge < -0.3 is 9.80 Å². The highest BCUT2D eigenvalue weighted by Gasteiger charge is 2.18. The summed E-state index contributed by atoms with van der Waals surface area (Å²) in [6.07, 6.45) is 3.86. The molecule has 0 spiro atoms. The third-order valence-corrected chi connectivity index (χ3v) is 1.85. The largest absolute Gasteiger partial charge is 0.324 e. The first kappa shape index (κ1) is 8.11. The molecule has 0 aromatic rings. The molecule has 0 saturated carbocycles. The molecule has 1 aliphatic rings. The summed E-state index contributed by atoms with van der Waals surface area (Å²) in [6, 6.07) is 0.123. The molecule has 11 heavy (non-hydrogen) atoms. The molecule has 2 amide bonds. The number of hydrogen-bond donors (Lipinski definition) is 0. The first-order chi connectivity index (χ1) is 5.29. The van der Waals surface area contributed by atoms with Gasteiger partial charge in [0.05, 0.1) is 0 Å². The fourth-order valence-electron chi connectivity index (χ4n) is 1.13. The molecule has 62 valence electrons. The van der Waals surface area contributed by atoms with Crippen LogP contribution in [0.4, 0.5) is 4.79 Å². The van der Waals surface area contributed by atoms with Crippen molar-refractivity contribution in [2.45, 2.75) is 13.8 Å². The van der Waals surface area contributed by atoms with Crippen LogP contribution in [0, 0.1) is 0 Å². The van der Waals surface area contributed by atoms with Crippen molar-refractivity contribution in [2.24, 2.45) is 0 Å². The third-order valence-electron chi connectivity index (χ3n) is 1.85. The predicted octanol–water partition coefficient (Wildman–Crippen LogP) is 1.28. The maximum absolute atomic E-state index is 11.4. The normalized spacial score (nSPS) is 17.8. The molecule has 1 aliphatic heterocycles. The minimum absolute atomic E-state index is 0.123. The van der Waals surface area contributed by atoms with Crippen molar-refractivity contribution in [2.75, 3.05) is 19.6 Å². The smallest absolute Gasteiger partial charge is 0.321 e. The minimum Gasteiger partial charge on any atom is -0.321 e. The molecule has 3 nitrogen and oxygen atoms in total. The zero-order chi connectivity index (χ0) is 8.27. The van der Waals surface area contributed by atoms with Gasteiger partial charge in [-0.05, 0) is 19.9 Å². The van der Waals surface area contributed by atoms with Gasteiger partial charge in [0.1, 0.15) is 0 Å². The highest BCUT2D eigenvalue weighted by Crippen LogP contribution is 2.05. The number of amides is 2. The van der Waals surface area contributed by atoms with E-state index in [2.05, 4.69) is 0 Å². The van der Waals surface area contributed by atoms with Crippen LogP contribution in [-0.4, -0.2) is 35.5 Å². The first-order valence-electron chi connectivity index (χ1n) is 4.01. The van der Waals surface area contributed by atoms with E-state index >= 15 is 0 Å². The second kappa shape index (κ2) is 3.42. The van der Waals surface area contributed by atoms with E-state index in [0.29, 0.717) is 0 Å². The van der Waals surface area contributed by atoms with E-state index in [9.17, 15) is 4.79 Å². The number of carbonyl (C=O) groups is 1. The Morgan fingerprint density at radius 1 is 1.45 bits per heavy atom. The summed E-state index contributed by atoms with van der Waals surface area (Å²) in [5.74, 6) is 0. The van der Waals surface area contributed by atoms with Gasteiger partial charge >= 0.3 is 6.03 Å². The van der Waals surface area contributed by atoms with Crippen LogP contribution >= 0.6 is 0 Å². The lowest BCUT2D eigenvalue weighted by molar-refractivity contribution is 0.173. The van der Waals surface area contributed by atoms with Crippen LogP contribution < -0.4 is 0 Å². The van der Waals surface area contributed by atoms with Crippen LogP contribution in [0.1, 0.15) is 13.8 Å². The number of carbonyl (C=O) groups excluding carboxylic acids is 1. The van der Waals surface area contributed by atoms with Gasteiger partial charge in [-0.3, -0.25) is 0 Å². The molecule has 0 bridgehead atoms. The Hall–Kier alpha value is -0.990. The average molecular weight is 154 g/mol. The zero-order valence-electron chi connectivity index (χ0n) is 7.08. The topological polar surface area (TPSA) is 23.6 Å². The summed E-state index contributed by atoms with van der Waals surface area (Å²) in [4.78, 5) is 14.9. The molecule has 0 unspecified atom stereocenters. The number of urea groups is 1. The maximum atomic E-state index is 11.4. The molecule has 3 heteroatoms. The molecule has 0 aliphatic carbocycles. The second-order valence-corrected chi connectivity index (χ2v) is 2.49. The van der Waals surface area contributed by atoms with Gasteiger partial charge in [-0.2, -0.15) is 0 Å². The van der Waals surface area contributed by atoms with Crippen molar-refractivity contribution in [1.82, 2.24) is 9.80 Å². The lowest BCUT2D eigenvalue weighted by atomic mass is 10.4. The fourth-order valence-corrected chi connectivity index (χ4v) is 1.13. The van der Waals surface area contributed by atoms with E-state index < -0.39 is 0 Å². The number of likely N-dealkylation sites (N-methyl/N-ethyl adjacent to an activating group) is 1. The Bertz CT molecular complexity index is 177. The van der Waals surface area contributed by atoms with Crippen LogP contribution in [0.2, 0.25) is 0 Å². The van der Waals surface area contributed by atoms with E-state index in [1.54, 1.807) is 4.90 Å². The molecular weight excluding hydrogens is 140 g/mol. The molecular formula is C8H14N2O. The molecule has 0 N–H and O–H groups in total. The Labute approximate surface area is 67.3 Å². The molecule has 1 rings (SSSR count). The molecule has 0 radical (unpaired) electrons. The van der Waals surface area contributed by atoms with Crippen molar-refractivity contribution in [3.63, 3.8) is 0 Å². The highest BCUT2D eigenvalue weighted by molar-refractivity contribution is 5.76. The maximum Gasteiger partial charge on any atom is 0.324 e. The Morgan fingerprint density at radius 2 is 2.18 bits per heavy atom. The van der Waals surface area contributed by atoms with E-state index in [0.717, 1.165) is 19.6 Å². The SMILES string of the molecule is CCN1C=CCN(CC)C1=O. The minimum atomic E-state index is 0.123. The summed E-state index contributed by atoms with van der Waals surface area (Å²) < 4.78 is 0. The molecule has 0 saturated heterocycles.